The van der Waals surface area contributed by atoms with E-state index in [1.54, 1.807) is 4.90 Å². The van der Waals surface area contributed by atoms with Crippen molar-refractivity contribution in [3.05, 3.63) is 0 Å². The molecule has 0 aliphatic carbocycles. The molecule has 0 bridgehead atoms. The molecule has 0 radical (unpaired) electrons. The summed E-state index contributed by atoms with van der Waals surface area (Å²) >= 11 is 1.30. The number of methoxy groups -OCH3 is 1. The third-order valence-corrected chi connectivity index (χ3v) is 5.75. The predicted molar refractivity (Wildman–Crippen MR) is 110 cm³/mol. The number of likely N-dealkylation sites (tertiary alicyclic amines) is 1. The normalized spacial score (nSPS) is 18.0. The number of carbonyl (C=O) groups excluding carboxylic acids is 4. The lowest BCUT2D eigenvalue weighted by Crippen LogP contribution is -2.53. The lowest BCUT2D eigenvalue weighted by atomic mass is 10.0. The number of thioether (sulfide) groups is 1. The van der Waals surface area contributed by atoms with E-state index in [9.17, 15) is 19.2 Å². The first-order valence-electron chi connectivity index (χ1n) is 9.64. The van der Waals surface area contributed by atoms with Crippen molar-refractivity contribution in [2.45, 2.75) is 57.4 Å². The van der Waals surface area contributed by atoms with Crippen molar-refractivity contribution in [2.75, 3.05) is 26.7 Å². The maximum absolute atomic E-state index is 12.3. The van der Waals surface area contributed by atoms with Crippen LogP contribution in [-0.4, -0.2) is 76.3 Å². The Bertz CT molecular complexity index is 727. The van der Waals surface area contributed by atoms with Gasteiger partial charge in [-0.15, -0.1) is 5.10 Å². The first-order chi connectivity index (χ1) is 14.0. The minimum Gasteiger partial charge on any atom is -0.453 e. The van der Waals surface area contributed by atoms with Gasteiger partial charge in [-0.1, -0.05) is 11.8 Å². The molecule has 30 heavy (non-hydrogen) atoms. The van der Waals surface area contributed by atoms with E-state index in [0.717, 1.165) is 0 Å². The van der Waals surface area contributed by atoms with Crippen LogP contribution in [0.1, 0.15) is 47.0 Å². The summed E-state index contributed by atoms with van der Waals surface area (Å²) in [5.41, 5.74) is -0.580. The van der Waals surface area contributed by atoms with E-state index in [2.05, 4.69) is 20.5 Å². The Morgan fingerprint density at radius 2 is 1.83 bits per heavy atom. The Balaban J connectivity index is 1.94. The smallest absolute Gasteiger partial charge is 0.410 e. The summed E-state index contributed by atoms with van der Waals surface area (Å²) in [5, 5.41) is 11.1. The number of amidine groups is 1. The first kappa shape index (κ1) is 23.8. The predicted octanol–water partition coefficient (Wildman–Crippen LogP) is 1.44. The van der Waals surface area contributed by atoms with Crippen LogP contribution in [-0.2, 0) is 19.1 Å². The topological polar surface area (TPSA) is 130 Å². The Labute approximate surface area is 179 Å². The Morgan fingerprint density at radius 3 is 2.37 bits per heavy atom. The number of ether oxygens (including phenoxy) is 2. The average molecular weight is 444 g/mol. The summed E-state index contributed by atoms with van der Waals surface area (Å²) in [6.07, 6.45) is 0.0110. The van der Waals surface area contributed by atoms with Crippen molar-refractivity contribution in [3.8, 4) is 0 Å². The van der Waals surface area contributed by atoms with Gasteiger partial charge >= 0.3 is 12.2 Å². The van der Waals surface area contributed by atoms with E-state index < -0.39 is 16.6 Å². The van der Waals surface area contributed by atoms with Crippen LogP contribution in [0, 0.1) is 0 Å². The minimum absolute atomic E-state index is 0.0359. The molecule has 0 atom stereocenters. The molecule has 168 valence electrons. The van der Waals surface area contributed by atoms with Gasteiger partial charge in [-0.2, -0.15) is 0 Å². The van der Waals surface area contributed by atoms with Gasteiger partial charge in [-0.3, -0.25) is 9.59 Å². The van der Waals surface area contributed by atoms with E-state index in [1.807, 2.05) is 20.8 Å². The fraction of sp³-hybridized carbons (Fsp3) is 0.722. The molecule has 1 spiro atoms. The monoisotopic (exact) mass is 443 g/mol. The largest absolute Gasteiger partial charge is 0.453 e. The van der Waals surface area contributed by atoms with E-state index in [1.165, 1.54) is 30.8 Å². The lowest BCUT2D eigenvalue weighted by molar-refractivity contribution is -0.133. The highest BCUT2D eigenvalue weighted by atomic mass is 32.2. The molecule has 0 aromatic heterocycles. The standard InChI is InChI=1S/C18H29N5O6S/c1-12(24)23-18(7-10-22(11-8-18)16(27)29-17(2,3)4)30-14(21-23)20-13(25)6-9-19-15(26)28-5/h6-11H2,1-5H3,(H,19,26)(H,20,21,25). The molecule has 2 aliphatic heterocycles. The SMILES string of the molecule is COC(=O)NCCC(=O)NC1=NN(C(C)=O)C2(CCN(C(=O)OC(C)(C)C)CC2)S1. The second-order valence-electron chi connectivity index (χ2n) is 7.97. The van der Waals surface area contributed by atoms with Crippen LogP contribution in [0.3, 0.4) is 0 Å². The van der Waals surface area contributed by atoms with Gasteiger partial charge in [0.15, 0.2) is 5.17 Å². The maximum Gasteiger partial charge on any atom is 0.410 e. The molecule has 0 aromatic rings. The zero-order valence-corrected chi connectivity index (χ0v) is 18.8. The molecule has 4 amide bonds. The molecule has 2 rings (SSSR count). The summed E-state index contributed by atoms with van der Waals surface area (Å²) < 4.78 is 9.86. The van der Waals surface area contributed by atoms with Crippen LogP contribution in [0.5, 0.6) is 0 Å². The lowest BCUT2D eigenvalue weighted by Gasteiger charge is -2.41. The van der Waals surface area contributed by atoms with Crippen LogP contribution in [0.4, 0.5) is 9.59 Å². The van der Waals surface area contributed by atoms with Gasteiger partial charge in [0, 0.05) is 45.8 Å². The Hall–Kier alpha value is -2.50. The van der Waals surface area contributed by atoms with E-state index >= 15 is 0 Å². The number of alkyl carbamates (subject to hydrolysis) is 1. The molecule has 2 aliphatic rings. The number of hydrogen-bond acceptors (Lipinski definition) is 8. The average Bonchev–Trinajstić information content (AvgIpc) is 2.98. The number of nitrogens with zero attached hydrogens (tertiary/aromatic N) is 3. The fourth-order valence-electron chi connectivity index (χ4n) is 3.04. The quantitative estimate of drug-likeness (QED) is 0.675. The van der Waals surface area contributed by atoms with Crippen LogP contribution in [0.2, 0.25) is 0 Å². The minimum atomic E-state index is -0.656. The van der Waals surface area contributed by atoms with Gasteiger partial charge < -0.3 is 25.0 Å². The van der Waals surface area contributed by atoms with Gasteiger partial charge in [0.25, 0.3) is 0 Å². The summed E-state index contributed by atoms with van der Waals surface area (Å²) in [7, 11) is 1.24. The molecule has 11 nitrogen and oxygen atoms in total. The van der Waals surface area contributed by atoms with Crippen molar-refractivity contribution in [1.29, 1.82) is 0 Å². The molecule has 2 heterocycles. The summed E-state index contributed by atoms with van der Waals surface area (Å²) in [4.78, 5) is 48.6. The van der Waals surface area contributed by atoms with Gasteiger partial charge in [-0.25, -0.2) is 14.6 Å². The third kappa shape index (κ3) is 6.25. The number of piperidine rings is 1. The molecular formula is C18H29N5O6S. The number of amides is 4. The summed E-state index contributed by atoms with van der Waals surface area (Å²) in [5.74, 6) is -0.589. The molecule has 0 aromatic carbocycles. The fourth-order valence-corrected chi connectivity index (χ4v) is 4.33. The highest BCUT2D eigenvalue weighted by Crippen LogP contribution is 2.44. The maximum atomic E-state index is 12.3. The van der Waals surface area contributed by atoms with E-state index in [-0.39, 0.29) is 30.9 Å². The van der Waals surface area contributed by atoms with E-state index in [4.69, 9.17) is 4.74 Å². The van der Waals surface area contributed by atoms with Crippen molar-refractivity contribution in [3.63, 3.8) is 0 Å². The van der Waals surface area contributed by atoms with Crippen LogP contribution < -0.4 is 10.6 Å². The molecular weight excluding hydrogens is 414 g/mol. The number of hydrazone groups is 1. The Morgan fingerprint density at radius 1 is 1.20 bits per heavy atom. The number of rotatable bonds is 3. The highest BCUT2D eigenvalue weighted by Gasteiger charge is 2.49. The number of nitrogens with one attached hydrogen (secondary N) is 2. The van der Waals surface area contributed by atoms with Gasteiger partial charge in [-0.05, 0) is 20.8 Å². The molecule has 0 unspecified atom stereocenters. The highest BCUT2D eigenvalue weighted by molar-refractivity contribution is 8.15. The second kappa shape index (κ2) is 9.54. The van der Waals surface area contributed by atoms with Crippen LogP contribution >= 0.6 is 11.8 Å². The zero-order valence-electron chi connectivity index (χ0n) is 17.9. The van der Waals surface area contributed by atoms with Gasteiger partial charge in [0.1, 0.15) is 10.5 Å². The second-order valence-corrected chi connectivity index (χ2v) is 9.32. The van der Waals surface area contributed by atoms with Crippen molar-refractivity contribution in [2.24, 2.45) is 5.10 Å². The van der Waals surface area contributed by atoms with E-state index in [0.29, 0.717) is 31.1 Å². The van der Waals surface area contributed by atoms with Crippen molar-refractivity contribution < 1.29 is 28.7 Å². The molecule has 1 saturated heterocycles. The molecule has 12 heteroatoms. The molecule has 2 N–H and O–H groups in total. The van der Waals surface area contributed by atoms with Crippen molar-refractivity contribution >= 4 is 40.9 Å². The summed E-state index contributed by atoms with van der Waals surface area (Å²) in [6, 6.07) is 0. The number of hydrogen-bond donors (Lipinski definition) is 2. The Kier molecular flexibility index (Phi) is 7.56. The van der Waals surface area contributed by atoms with Gasteiger partial charge in [0.05, 0.1) is 7.11 Å². The van der Waals surface area contributed by atoms with Crippen molar-refractivity contribution in [1.82, 2.24) is 20.5 Å². The number of carbonyl (C=O) groups is 4. The summed E-state index contributed by atoms with van der Waals surface area (Å²) in [6.45, 7) is 7.77. The van der Waals surface area contributed by atoms with Crippen LogP contribution in [0.15, 0.2) is 5.10 Å². The zero-order chi connectivity index (χ0) is 22.5. The molecule has 0 saturated carbocycles. The third-order valence-electron chi connectivity index (χ3n) is 4.41. The van der Waals surface area contributed by atoms with Gasteiger partial charge in [0.2, 0.25) is 11.8 Å². The van der Waals surface area contributed by atoms with Crippen LogP contribution in [0.25, 0.3) is 0 Å². The molecule has 1 fully saturated rings. The first-order valence-corrected chi connectivity index (χ1v) is 10.5.